The van der Waals surface area contributed by atoms with Gasteiger partial charge < -0.3 is 0 Å². The number of nitro groups is 1. The molecule has 0 aliphatic rings. The van der Waals surface area contributed by atoms with Gasteiger partial charge in [-0.3, -0.25) is 14.8 Å². The number of benzene rings is 1. The maximum atomic E-state index is 12.2. The lowest BCUT2D eigenvalue weighted by Crippen LogP contribution is -2.17. The van der Waals surface area contributed by atoms with E-state index in [1.54, 1.807) is 0 Å². The molecule has 0 fully saturated rings. The number of sulfonamides is 1. The highest BCUT2D eigenvalue weighted by Gasteiger charge is 2.25. The third-order valence-corrected chi connectivity index (χ3v) is 4.96. The van der Waals surface area contributed by atoms with Gasteiger partial charge in [0.05, 0.1) is 15.6 Å². The smallest absolute Gasteiger partial charge is 0.277 e. The molecule has 2 rings (SSSR count). The van der Waals surface area contributed by atoms with Crippen molar-refractivity contribution in [1.29, 1.82) is 0 Å². The zero-order valence-electron chi connectivity index (χ0n) is 10.3. The van der Waals surface area contributed by atoms with E-state index in [2.05, 4.69) is 31.0 Å². The van der Waals surface area contributed by atoms with E-state index in [9.17, 15) is 18.5 Å². The standard InChI is InChI=1S/C9H7BrClN5O4S/c1-15-9(8(10)12-14-15)21(19,20)13-7-3-2-5(16(17)18)4-6(7)11/h2-4,13H,1H3. The summed E-state index contributed by atoms with van der Waals surface area (Å²) in [4.78, 5) is 9.97. The summed E-state index contributed by atoms with van der Waals surface area (Å²) in [6.07, 6.45) is 0. The van der Waals surface area contributed by atoms with Crippen LogP contribution in [0.5, 0.6) is 0 Å². The highest BCUT2D eigenvalue weighted by molar-refractivity contribution is 9.10. The molecular weight excluding hydrogens is 390 g/mol. The number of nitrogens with zero attached hydrogens (tertiary/aromatic N) is 4. The Balaban J connectivity index is 2.40. The first-order valence-corrected chi connectivity index (χ1v) is 7.89. The maximum Gasteiger partial charge on any atom is 0.281 e. The van der Waals surface area contributed by atoms with Crippen molar-refractivity contribution in [3.05, 3.63) is 37.9 Å². The number of aryl methyl sites for hydroxylation is 1. The summed E-state index contributed by atoms with van der Waals surface area (Å²) >= 11 is 8.82. The second-order valence-corrected chi connectivity index (χ2v) is 6.59. The first kappa shape index (κ1) is 15.7. The summed E-state index contributed by atoms with van der Waals surface area (Å²) in [5, 5.41) is 17.4. The van der Waals surface area contributed by atoms with Gasteiger partial charge in [0.25, 0.3) is 15.7 Å². The summed E-state index contributed by atoms with van der Waals surface area (Å²) in [7, 11) is -2.59. The zero-order chi connectivity index (χ0) is 15.8. The minimum Gasteiger partial charge on any atom is -0.277 e. The molecule has 0 aliphatic carbocycles. The predicted molar refractivity (Wildman–Crippen MR) is 77.6 cm³/mol. The first-order chi connectivity index (χ1) is 9.72. The number of non-ortho nitro benzene ring substituents is 1. The van der Waals surface area contributed by atoms with Gasteiger partial charge in [-0.2, -0.15) is 8.42 Å². The van der Waals surface area contributed by atoms with Crippen LogP contribution in [-0.4, -0.2) is 28.3 Å². The molecule has 1 heterocycles. The van der Waals surface area contributed by atoms with Gasteiger partial charge in [0.2, 0.25) is 5.03 Å². The van der Waals surface area contributed by atoms with Crippen LogP contribution in [-0.2, 0) is 17.1 Å². The van der Waals surface area contributed by atoms with E-state index in [0.29, 0.717) is 0 Å². The monoisotopic (exact) mass is 395 g/mol. The number of hydrogen-bond donors (Lipinski definition) is 1. The van der Waals surface area contributed by atoms with Gasteiger partial charge in [0.15, 0.2) is 4.60 Å². The molecule has 0 saturated heterocycles. The molecule has 9 nitrogen and oxygen atoms in total. The highest BCUT2D eigenvalue weighted by Crippen LogP contribution is 2.29. The third kappa shape index (κ3) is 3.14. The molecule has 0 saturated carbocycles. The van der Waals surface area contributed by atoms with Crippen molar-refractivity contribution >= 4 is 48.9 Å². The molecule has 21 heavy (non-hydrogen) atoms. The molecule has 1 N–H and O–H groups in total. The van der Waals surface area contributed by atoms with Crippen LogP contribution in [0.4, 0.5) is 11.4 Å². The Morgan fingerprint density at radius 3 is 2.62 bits per heavy atom. The summed E-state index contributed by atoms with van der Waals surface area (Å²) in [6, 6.07) is 3.39. The van der Waals surface area contributed by atoms with Gasteiger partial charge in [0, 0.05) is 19.2 Å². The average molecular weight is 397 g/mol. The molecule has 0 unspecified atom stereocenters. The fourth-order valence-corrected chi connectivity index (χ4v) is 3.96. The molecule has 112 valence electrons. The first-order valence-electron chi connectivity index (χ1n) is 5.24. The van der Waals surface area contributed by atoms with E-state index >= 15 is 0 Å². The minimum atomic E-state index is -4.00. The number of hydrogen-bond acceptors (Lipinski definition) is 6. The lowest BCUT2D eigenvalue weighted by atomic mass is 10.3. The summed E-state index contributed by atoms with van der Waals surface area (Å²) < 4.78 is 27.8. The number of anilines is 1. The fraction of sp³-hybridized carbons (Fsp3) is 0.111. The van der Waals surface area contributed by atoms with Crippen molar-refractivity contribution < 1.29 is 13.3 Å². The number of nitro benzene ring substituents is 1. The SMILES string of the molecule is Cn1nnc(Br)c1S(=O)(=O)Nc1ccc([N+](=O)[O-])cc1Cl. The van der Waals surface area contributed by atoms with Crippen molar-refractivity contribution in [2.45, 2.75) is 5.03 Å². The van der Waals surface area contributed by atoms with Gasteiger partial charge in [-0.1, -0.05) is 16.8 Å². The van der Waals surface area contributed by atoms with Gasteiger partial charge in [-0.25, -0.2) is 4.68 Å². The van der Waals surface area contributed by atoms with Crippen LogP contribution in [0.25, 0.3) is 0 Å². The van der Waals surface area contributed by atoms with Crippen LogP contribution in [0.15, 0.2) is 27.8 Å². The van der Waals surface area contributed by atoms with Crippen LogP contribution in [0.1, 0.15) is 0 Å². The molecule has 1 aromatic heterocycles. The quantitative estimate of drug-likeness (QED) is 0.623. The molecular formula is C9H7BrClN5O4S. The lowest BCUT2D eigenvalue weighted by Gasteiger charge is -2.09. The maximum absolute atomic E-state index is 12.2. The van der Waals surface area contributed by atoms with Gasteiger partial charge in [-0.05, 0) is 22.0 Å². The van der Waals surface area contributed by atoms with Gasteiger partial charge >= 0.3 is 0 Å². The molecule has 0 atom stereocenters. The van der Waals surface area contributed by atoms with Crippen molar-refractivity contribution in [1.82, 2.24) is 15.0 Å². The normalized spacial score (nSPS) is 11.4. The van der Waals surface area contributed by atoms with Crippen LogP contribution in [0, 0.1) is 10.1 Å². The van der Waals surface area contributed by atoms with Crippen molar-refractivity contribution in [3.8, 4) is 0 Å². The Hall–Kier alpha value is -1.72. The largest absolute Gasteiger partial charge is 0.281 e. The van der Waals surface area contributed by atoms with Gasteiger partial charge in [-0.15, -0.1) is 5.10 Å². The van der Waals surface area contributed by atoms with Crippen molar-refractivity contribution in [2.24, 2.45) is 7.05 Å². The van der Waals surface area contributed by atoms with E-state index in [-0.39, 0.29) is 26.0 Å². The minimum absolute atomic E-state index is 0.00960. The summed E-state index contributed by atoms with van der Waals surface area (Å²) in [6.45, 7) is 0. The second-order valence-electron chi connectivity index (χ2n) is 3.84. The fourth-order valence-electron chi connectivity index (χ4n) is 1.50. The average Bonchev–Trinajstić information content (AvgIpc) is 2.71. The van der Waals surface area contributed by atoms with Crippen LogP contribution in [0.3, 0.4) is 0 Å². The number of aromatic nitrogens is 3. The molecule has 0 aliphatic heterocycles. The molecule has 0 amide bonds. The van der Waals surface area contributed by atoms with E-state index in [0.717, 1.165) is 16.8 Å². The highest BCUT2D eigenvalue weighted by atomic mass is 79.9. The Bertz CT molecular complexity index is 802. The van der Waals surface area contributed by atoms with Crippen LogP contribution >= 0.6 is 27.5 Å². The van der Waals surface area contributed by atoms with Crippen LogP contribution < -0.4 is 4.72 Å². The molecule has 12 heteroatoms. The molecule has 0 radical (unpaired) electrons. The third-order valence-electron chi connectivity index (χ3n) is 2.40. The lowest BCUT2D eigenvalue weighted by molar-refractivity contribution is -0.384. The second kappa shape index (κ2) is 5.58. The van der Waals surface area contributed by atoms with Gasteiger partial charge in [0.1, 0.15) is 0 Å². The molecule has 0 spiro atoms. The van der Waals surface area contributed by atoms with Crippen molar-refractivity contribution in [2.75, 3.05) is 4.72 Å². The number of halogens is 2. The molecule has 2 aromatic rings. The predicted octanol–water partition coefficient (Wildman–Crippen LogP) is 1.94. The van der Waals surface area contributed by atoms with E-state index in [1.165, 1.54) is 13.1 Å². The number of nitrogens with one attached hydrogen (secondary N) is 1. The Labute approximate surface area is 132 Å². The summed E-state index contributed by atoms with van der Waals surface area (Å²) in [5.74, 6) is 0. The van der Waals surface area contributed by atoms with Crippen molar-refractivity contribution in [3.63, 3.8) is 0 Å². The Morgan fingerprint density at radius 2 is 2.14 bits per heavy atom. The van der Waals surface area contributed by atoms with E-state index in [4.69, 9.17) is 11.6 Å². The molecule has 1 aromatic carbocycles. The summed E-state index contributed by atoms with van der Waals surface area (Å²) in [5.41, 5.74) is -0.235. The molecule has 0 bridgehead atoms. The topological polar surface area (TPSA) is 120 Å². The number of rotatable bonds is 4. The van der Waals surface area contributed by atoms with E-state index < -0.39 is 14.9 Å². The Kier molecular flexibility index (Phi) is 4.16. The Morgan fingerprint density at radius 1 is 1.48 bits per heavy atom. The van der Waals surface area contributed by atoms with E-state index in [1.807, 2.05) is 0 Å². The van der Waals surface area contributed by atoms with Crippen LogP contribution in [0.2, 0.25) is 5.02 Å². The zero-order valence-corrected chi connectivity index (χ0v) is 13.5.